The number of aromatic carboxylic acids is 1. The predicted octanol–water partition coefficient (Wildman–Crippen LogP) is 3.93. The molecule has 1 atom stereocenters. The first-order valence-electron chi connectivity index (χ1n) is 11.1. The summed E-state index contributed by atoms with van der Waals surface area (Å²) in [7, 11) is 1.36. The fraction of sp³-hybridized carbons (Fsp3) is 0.222. The predicted molar refractivity (Wildman–Crippen MR) is 139 cm³/mol. The number of imidazole rings is 1. The smallest absolute Gasteiger partial charge is 0.353 e. The Kier molecular flexibility index (Phi) is 10.2. The molecule has 1 amide bonds. The first-order chi connectivity index (χ1) is 17.6. The number of carboxylic acids is 1. The number of aryl methyl sites for hydroxylation is 1. The van der Waals surface area contributed by atoms with Crippen LogP contribution in [0.2, 0.25) is 0 Å². The van der Waals surface area contributed by atoms with Gasteiger partial charge in [-0.15, -0.1) is 0 Å². The van der Waals surface area contributed by atoms with Crippen molar-refractivity contribution in [3.8, 4) is 0 Å². The van der Waals surface area contributed by atoms with Gasteiger partial charge in [0.2, 0.25) is 0 Å². The third-order valence-corrected chi connectivity index (χ3v) is 5.37. The number of carbonyl (C=O) groups excluding carboxylic acids is 2. The zero-order valence-electron chi connectivity index (χ0n) is 20.4. The van der Waals surface area contributed by atoms with Crippen molar-refractivity contribution in [2.75, 3.05) is 7.11 Å². The van der Waals surface area contributed by atoms with E-state index in [2.05, 4.69) is 20.0 Å². The van der Waals surface area contributed by atoms with Crippen LogP contribution in [0, 0.1) is 12.7 Å². The topological polar surface area (TPSA) is 149 Å². The number of aromatic nitrogens is 3. The van der Waals surface area contributed by atoms with Gasteiger partial charge in [0.15, 0.2) is 5.65 Å². The lowest BCUT2D eigenvalue weighted by molar-refractivity contribution is 0.0599. The van der Waals surface area contributed by atoms with Crippen LogP contribution in [0.25, 0.3) is 5.65 Å². The summed E-state index contributed by atoms with van der Waals surface area (Å²) in [6, 6.07) is 12.8. The second-order valence-corrected chi connectivity index (χ2v) is 8.12. The Balaban J connectivity index is 0.000000309. The molecule has 0 saturated carbocycles. The number of carbonyl (C=O) groups is 3. The van der Waals surface area contributed by atoms with Crippen molar-refractivity contribution in [1.29, 1.82) is 0 Å². The van der Waals surface area contributed by atoms with Gasteiger partial charge in [0.1, 0.15) is 23.5 Å². The molecule has 10 nitrogen and oxygen atoms in total. The molecule has 4 N–H and O–H groups in total. The average molecular weight is 524 g/mol. The van der Waals surface area contributed by atoms with Gasteiger partial charge in [-0.05, 0) is 48.7 Å². The monoisotopic (exact) mass is 523 g/mol. The summed E-state index contributed by atoms with van der Waals surface area (Å²) >= 11 is 0. The SMILES string of the molecule is C.COC(=O)c1ccc([C@H](C)N)cc1.Cc1cc(CNC(=O)c2cc(C(=O)O)n3cncc3n2)ccc1F. The minimum Gasteiger partial charge on any atom is -0.477 e. The van der Waals surface area contributed by atoms with Crippen molar-refractivity contribution < 1.29 is 28.6 Å². The molecule has 38 heavy (non-hydrogen) atoms. The molecular formula is C27H30FN5O5. The molecule has 0 saturated heterocycles. The van der Waals surface area contributed by atoms with E-state index in [1.54, 1.807) is 31.2 Å². The number of fused-ring (bicyclic) bond motifs is 1. The summed E-state index contributed by atoms with van der Waals surface area (Å²) in [5.74, 6) is -2.35. The summed E-state index contributed by atoms with van der Waals surface area (Å²) in [6.07, 6.45) is 2.68. The normalized spacial score (nSPS) is 11.0. The molecule has 0 unspecified atom stereocenters. The first-order valence-corrected chi connectivity index (χ1v) is 11.1. The Morgan fingerprint density at radius 2 is 1.84 bits per heavy atom. The van der Waals surface area contributed by atoms with E-state index >= 15 is 0 Å². The largest absolute Gasteiger partial charge is 0.477 e. The third kappa shape index (κ3) is 7.20. The van der Waals surface area contributed by atoms with Gasteiger partial charge in [0.05, 0.1) is 18.9 Å². The van der Waals surface area contributed by atoms with Gasteiger partial charge in [-0.3, -0.25) is 9.20 Å². The van der Waals surface area contributed by atoms with E-state index in [0.717, 1.165) is 11.1 Å². The minimum atomic E-state index is -1.19. The molecule has 0 aliphatic carbocycles. The van der Waals surface area contributed by atoms with Crippen LogP contribution in [0.4, 0.5) is 4.39 Å². The van der Waals surface area contributed by atoms with Gasteiger partial charge < -0.3 is 20.9 Å². The lowest BCUT2D eigenvalue weighted by Gasteiger charge is -2.08. The zero-order valence-corrected chi connectivity index (χ0v) is 20.4. The highest BCUT2D eigenvalue weighted by Crippen LogP contribution is 2.12. The number of nitrogens with two attached hydrogens (primary N) is 1. The molecule has 4 rings (SSSR count). The van der Waals surface area contributed by atoms with Crippen LogP contribution in [-0.2, 0) is 11.3 Å². The van der Waals surface area contributed by atoms with Crippen molar-refractivity contribution in [3.63, 3.8) is 0 Å². The van der Waals surface area contributed by atoms with Crippen molar-refractivity contribution in [3.05, 3.63) is 101 Å². The number of ether oxygens (including phenoxy) is 1. The maximum Gasteiger partial charge on any atom is 0.353 e. The van der Waals surface area contributed by atoms with Gasteiger partial charge in [0, 0.05) is 18.7 Å². The van der Waals surface area contributed by atoms with Gasteiger partial charge >= 0.3 is 11.9 Å². The number of nitrogens with one attached hydrogen (secondary N) is 1. The summed E-state index contributed by atoms with van der Waals surface area (Å²) in [5, 5.41) is 11.9. The summed E-state index contributed by atoms with van der Waals surface area (Å²) in [6.45, 7) is 3.70. The number of benzene rings is 2. The summed E-state index contributed by atoms with van der Waals surface area (Å²) in [5.41, 5.74) is 8.54. The molecule has 2 heterocycles. The van der Waals surface area contributed by atoms with Crippen LogP contribution in [-0.4, -0.2) is 44.4 Å². The molecule has 11 heteroatoms. The number of methoxy groups -OCH3 is 1. The first kappa shape index (κ1) is 29.6. The fourth-order valence-electron chi connectivity index (χ4n) is 3.32. The van der Waals surface area contributed by atoms with E-state index in [4.69, 9.17) is 5.73 Å². The second-order valence-electron chi connectivity index (χ2n) is 8.12. The van der Waals surface area contributed by atoms with E-state index in [0.29, 0.717) is 11.1 Å². The Morgan fingerprint density at radius 3 is 2.42 bits per heavy atom. The van der Waals surface area contributed by atoms with Gasteiger partial charge in [-0.1, -0.05) is 31.7 Å². The molecule has 4 aromatic rings. The maximum atomic E-state index is 13.2. The molecule has 0 bridgehead atoms. The molecule has 0 aliphatic heterocycles. The minimum absolute atomic E-state index is 0. The number of carboxylic acid groups (broad SMARTS) is 1. The van der Waals surface area contributed by atoms with Crippen LogP contribution >= 0.6 is 0 Å². The molecule has 200 valence electrons. The Labute approximate surface area is 219 Å². The number of hydrogen-bond donors (Lipinski definition) is 3. The number of hydrogen-bond acceptors (Lipinski definition) is 7. The molecule has 2 aromatic heterocycles. The quantitative estimate of drug-likeness (QED) is 0.322. The Hall–Kier alpha value is -4.64. The molecule has 2 aromatic carbocycles. The average Bonchev–Trinajstić information content (AvgIpc) is 3.37. The van der Waals surface area contributed by atoms with E-state index < -0.39 is 11.9 Å². The van der Waals surface area contributed by atoms with Crippen LogP contribution in [0.5, 0.6) is 0 Å². The van der Waals surface area contributed by atoms with E-state index in [-0.39, 0.29) is 48.8 Å². The van der Waals surface area contributed by atoms with Gasteiger partial charge in [-0.25, -0.2) is 23.9 Å². The Bertz CT molecular complexity index is 1430. The number of rotatable bonds is 6. The van der Waals surface area contributed by atoms with Crippen LogP contribution in [0.3, 0.4) is 0 Å². The molecule has 0 spiro atoms. The van der Waals surface area contributed by atoms with E-state index in [9.17, 15) is 23.9 Å². The maximum absolute atomic E-state index is 13.2. The van der Waals surface area contributed by atoms with Crippen molar-refractivity contribution in [2.45, 2.75) is 33.9 Å². The fourth-order valence-corrected chi connectivity index (χ4v) is 3.32. The van der Waals surface area contributed by atoms with Crippen molar-refractivity contribution >= 4 is 23.5 Å². The number of halogens is 1. The van der Waals surface area contributed by atoms with Crippen LogP contribution < -0.4 is 11.1 Å². The molecule has 0 radical (unpaired) electrons. The lowest BCUT2D eigenvalue weighted by Crippen LogP contribution is -2.25. The third-order valence-electron chi connectivity index (χ3n) is 5.37. The zero-order chi connectivity index (χ0) is 27.1. The van der Waals surface area contributed by atoms with Gasteiger partial charge in [-0.2, -0.15) is 0 Å². The van der Waals surface area contributed by atoms with Crippen molar-refractivity contribution in [2.24, 2.45) is 5.73 Å². The highest BCUT2D eigenvalue weighted by Gasteiger charge is 2.16. The van der Waals surface area contributed by atoms with Crippen LogP contribution in [0.1, 0.15) is 68.4 Å². The van der Waals surface area contributed by atoms with Gasteiger partial charge in [0.25, 0.3) is 5.91 Å². The summed E-state index contributed by atoms with van der Waals surface area (Å²) in [4.78, 5) is 42.5. The standard InChI is InChI=1S/C16H13FN4O3.C10H13NO2.CH4/c1-9-4-10(2-3-11(9)17)6-19-15(22)12-5-13(16(23)24)21-8-18-7-14(21)20-12;1-7(11)8-3-5-9(6-4-8)10(12)13-2;/h2-5,7-8H,6H2,1H3,(H,19,22)(H,23,24);3-7H,11H2,1-2H3;1H4/t;7-;/m.0./s1. The van der Waals surface area contributed by atoms with Crippen LogP contribution in [0.15, 0.2) is 61.1 Å². The van der Waals surface area contributed by atoms with E-state index in [1.807, 2.05) is 19.1 Å². The highest BCUT2D eigenvalue weighted by atomic mass is 19.1. The number of nitrogens with zero attached hydrogens (tertiary/aromatic N) is 3. The number of amides is 1. The lowest BCUT2D eigenvalue weighted by atomic mass is 10.1. The second kappa shape index (κ2) is 13.1. The molecular weight excluding hydrogens is 493 g/mol. The molecule has 0 fully saturated rings. The summed E-state index contributed by atoms with van der Waals surface area (Å²) < 4.78 is 19.1. The van der Waals surface area contributed by atoms with E-state index in [1.165, 1.54) is 36.2 Å². The Morgan fingerprint density at radius 1 is 1.16 bits per heavy atom. The van der Waals surface area contributed by atoms with Crippen molar-refractivity contribution in [1.82, 2.24) is 19.7 Å². The number of esters is 1. The highest BCUT2D eigenvalue weighted by molar-refractivity contribution is 5.96. The molecule has 0 aliphatic rings.